The summed E-state index contributed by atoms with van der Waals surface area (Å²) in [5, 5.41) is 9.80. The van der Waals surface area contributed by atoms with E-state index in [0.29, 0.717) is 40.0 Å². The summed E-state index contributed by atoms with van der Waals surface area (Å²) in [7, 11) is 0. The molecule has 0 fully saturated rings. The average molecular weight is 425 g/mol. The second-order valence-corrected chi connectivity index (χ2v) is 7.63. The van der Waals surface area contributed by atoms with Gasteiger partial charge in [-0.1, -0.05) is 36.0 Å². The topological polar surface area (TPSA) is 103 Å². The molecule has 3 aromatic rings. The van der Waals surface area contributed by atoms with Gasteiger partial charge in [0, 0.05) is 35.2 Å². The van der Waals surface area contributed by atoms with Crippen molar-refractivity contribution in [1.29, 1.82) is 0 Å². The molecule has 2 amide bonds. The summed E-state index contributed by atoms with van der Waals surface area (Å²) in [5.74, 6) is -0.140. The van der Waals surface area contributed by atoms with Crippen LogP contribution in [0, 0.1) is 0 Å². The Hall–Kier alpha value is -3.20. The molecule has 2 heterocycles. The van der Waals surface area contributed by atoms with Gasteiger partial charge in [0.1, 0.15) is 0 Å². The standard InChI is InChI=1S/C21H19N3O5S/c1-2-28-17(25)10-12-30-21-23-22-16(29-21)9-11-24-19(26)14-7-3-5-13-6-4-8-15(18(13)14)20(24)27/h3-8H,2,9-12H2,1H3. The van der Waals surface area contributed by atoms with Gasteiger partial charge in [-0.05, 0) is 24.4 Å². The first-order valence-electron chi connectivity index (χ1n) is 9.57. The molecule has 30 heavy (non-hydrogen) atoms. The number of aromatic nitrogens is 2. The Labute approximate surface area is 176 Å². The van der Waals surface area contributed by atoms with Crippen molar-refractivity contribution >= 4 is 40.3 Å². The smallest absolute Gasteiger partial charge is 0.306 e. The van der Waals surface area contributed by atoms with E-state index < -0.39 is 0 Å². The Bertz CT molecular complexity index is 1080. The zero-order valence-corrected chi connectivity index (χ0v) is 17.1. The molecule has 1 aromatic heterocycles. The number of thioether (sulfide) groups is 1. The first kappa shape index (κ1) is 20.1. The van der Waals surface area contributed by atoms with Crippen molar-refractivity contribution in [3.05, 3.63) is 53.4 Å². The van der Waals surface area contributed by atoms with Crippen LogP contribution in [-0.2, 0) is 16.0 Å². The lowest BCUT2D eigenvalue weighted by Gasteiger charge is -2.26. The van der Waals surface area contributed by atoms with Crippen LogP contribution in [0.5, 0.6) is 0 Å². The SMILES string of the molecule is CCOC(=O)CCSc1nnc(CCN2C(=O)c3cccc4cccc(c34)C2=O)o1. The number of hydrogen-bond donors (Lipinski definition) is 0. The van der Waals surface area contributed by atoms with E-state index in [9.17, 15) is 14.4 Å². The summed E-state index contributed by atoms with van der Waals surface area (Å²) < 4.78 is 10.4. The lowest BCUT2D eigenvalue weighted by Crippen LogP contribution is -2.41. The number of amides is 2. The van der Waals surface area contributed by atoms with Gasteiger partial charge < -0.3 is 9.15 Å². The third-order valence-electron chi connectivity index (χ3n) is 4.69. The monoisotopic (exact) mass is 425 g/mol. The minimum absolute atomic E-state index is 0.136. The van der Waals surface area contributed by atoms with Crippen LogP contribution >= 0.6 is 11.8 Å². The molecular weight excluding hydrogens is 406 g/mol. The molecule has 0 N–H and O–H groups in total. The number of esters is 1. The predicted molar refractivity (Wildman–Crippen MR) is 109 cm³/mol. The minimum atomic E-state index is -0.326. The van der Waals surface area contributed by atoms with Crippen LogP contribution in [0.2, 0.25) is 0 Å². The van der Waals surface area contributed by atoms with E-state index in [4.69, 9.17) is 9.15 Å². The Kier molecular flexibility index (Phi) is 5.80. The highest BCUT2D eigenvalue weighted by molar-refractivity contribution is 7.99. The van der Waals surface area contributed by atoms with Crippen LogP contribution in [0.25, 0.3) is 10.8 Å². The van der Waals surface area contributed by atoms with E-state index in [1.165, 1.54) is 16.7 Å². The van der Waals surface area contributed by atoms with Crippen molar-refractivity contribution < 1.29 is 23.5 Å². The molecule has 8 nitrogen and oxygen atoms in total. The number of carbonyl (C=O) groups is 3. The number of imide groups is 1. The number of hydrogen-bond acceptors (Lipinski definition) is 8. The lowest BCUT2D eigenvalue weighted by atomic mass is 9.94. The molecule has 0 saturated heterocycles. The van der Waals surface area contributed by atoms with E-state index in [1.807, 2.05) is 24.3 Å². The second kappa shape index (κ2) is 8.66. The fourth-order valence-electron chi connectivity index (χ4n) is 3.34. The zero-order chi connectivity index (χ0) is 21.1. The molecule has 2 aromatic carbocycles. The highest BCUT2D eigenvalue weighted by Crippen LogP contribution is 2.30. The maximum atomic E-state index is 12.9. The number of carbonyl (C=O) groups excluding carboxylic acids is 3. The highest BCUT2D eigenvalue weighted by atomic mass is 32.2. The van der Waals surface area contributed by atoms with Crippen molar-refractivity contribution in [2.45, 2.75) is 25.0 Å². The van der Waals surface area contributed by atoms with Crippen molar-refractivity contribution in [1.82, 2.24) is 15.1 Å². The van der Waals surface area contributed by atoms with Crippen molar-refractivity contribution in [2.75, 3.05) is 18.9 Å². The van der Waals surface area contributed by atoms with Gasteiger partial charge in [-0.2, -0.15) is 0 Å². The van der Waals surface area contributed by atoms with E-state index in [-0.39, 0.29) is 37.2 Å². The number of rotatable bonds is 8. The number of benzene rings is 2. The first-order valence-corrected chi connectivity index (χ1v) is 10.6. The molecule has 4 rings (SSSR count). The normalized spacial score (nSPS) is 13.2. The summed E-state index contributed by atoms with van der Waals surface area (Å²) in [6.07, 6.45) is 0.499. The van der Waals surface area contributed by atoms with Crippen LogP contribution in [0.15, 0.2) is 46.0 Å². The van der Waals surface area contributed by atoms with Gasteiger partial charge in [-0.15, -0.1) is 10.2 Å². The molecular formula is C21H19N3O5S. The molecule has 1 aliphatic heterocycles. The van der Waals surface area contributed by atoms with E-state index in [1.54, 1.807) is 19.1 Å². The molecule has 0 unspecified atom stereocenters. The summed E-state index contributed by atoms with van der Waals surface area (Å²) >= 11 is 1.26. The molecule has 1 aliphatic rings. The highest BCUT2D eigenvalue weighted by Gasteiger charge is 2.32. The van der Waals surface area contributed by atoms with Crippen LogP contribution in [0.4, 0.5) is 0 Å². The Morgan fingerprint density at radius 3 is 2.47 bits per heavy atom. The largest absolute Gasteiger partial charge is 0.466 e. The van der Waals surface area contributed by atoms with Crippen molar-refractivity contribution in [2.24, 2.45) is 0 Å². The summed E-state index contributed by atoms with van der Waals surface area (Å²) in [6, 6.07) is 10.9. The van der Waals surface area contributed by atoms with E-state index in [0.717, 1.165) is 5.39 Å². The molecule has 0 spiro atoms. The summed E-state index contributed by atoms with van der Waals surface area (Å²) in [6.45, 7) is 2.24. The van der Waals surface area contributed by atoms with Gasteiger partial charge in [0.15, 0.2) is 0 Å². The molecule has 9 heteroatoms. The van der Waals surface area contributed by atoms with E-state index >= 15 is 0 Å². The van der Waals surface area contributed by atoms with E-state index in [2.05, 4.69) is 10.2 Å². The molecule has 154 valence electrons. The fourth-order valence-corrected chi connectivity index (χ4v) is 4.04. The third-order valence-corrected chi connectivity index (χ3v) is 5.51. The Morgan fingerprint density at radius 1 is 1.10 bits per heavy atom. The maximum Gasteiger partial charge on any atom is 0.306 e. The van der Waals surface area contributed by atoms with Gasteiger partial charge in [0.05, 0.1) is 13.0 Å². The van der Waals surface area contributed by atoms with Gasteiger partial charge in [0.25, 0.3) is 17.0 Å². The maximum absolute atomic E-state index is 12.9. The quantitative estimate of drug-likeness (QED) is 0.308. The summed E-state index contributed by atoms with van der Waals surface area (Å²) in [4.78, 5) is 38.4. The van der Waals surface area contributed by atoms with Crippen LogP contribution in [-0.4, -0.2) is 51.8 Å². The predicted octanol–water partition coefficient (Wildman–Crippen LogP) is 3.11. The average Bonchev–Trinajstić information content (AvgIpc) is 3.19. The number of nitrogens with zero attached hydrogens (tertiary/aromatic N) is 3. The number of ether oxygens (including phenoxy) is 1. The summed E-state index contributed by atoms with van der Waals surface area (Å²) in [5.41, 5.74) is 1.03. The molecule has 0 atom stereocenters. The third kappa shape index (κ3) is 3.93. The second-order valence-electron chi connectivity index (χ2n) is 6.59. The van der Waals surface area contributed by atoms with Gasteiger partial charge >= 0.3 is 5.97 Å². The molecule has 0 bridgehead atoms. The lowest BCUT2D eigenvalue weighted by molar-refractivity contribution is -0.142. The molecule has 0 saturated carbocycles. The Morgan fingerprint density at radius 2 is 1.80 bits per heavy atom. The zero-order valence-electron chi connectivity index (χ0n) is 16.3. The Balaban J connectivity index is 1.40. The minimum Gasteiger partial charge on any atom is -0.466 e. The molecule has 0 radical (unpaired) electrons. The van der Waals surface area contributed by atoms with Crippen molar-refractivity contribution in [3.8, 4) is 0 Å². The van der Waals surface area contributed by atoms with Crippen LogP contribution in [0.1, 0.15) is 40.0 Å². The fraction of sp³-hybridized carbons (Fsp3) is 0.286. The first-order chi connectivity index (χ1) is 14.6. The van der Waals surface area contributed by atoms with Crippen LogP contribution in [0.3, 0.4) is 0 Å². The van der Waals surface area contributed by atoms with Crippen LogP contribution < -0.4 is 0 Å². The van der Waals surface area contributed by atoms with Crippen molar-refractivity contribution in [3.63, 3.8) is 0 Å². The van der Waals surface area contributed by atoms with Gasteiger partial charge in [-0.25, -0.2) is 0 Å². The van der Waals surface area contributed by atoms with Gasteiger partial charge in [0.2, 0.25) is 5.89 Å². The van der Waals surface area contributed by atoms with Gasteiger partial charge in [-0.3, -0.25) is 19.3 Å². The molecule has 0 aliphatic carbocycles.